The maximum atomic E-state index is 10.9. The van der Waals surface area contributed by atoms with Gasteiger partial charge in [-0.25, -0.2) is 9.59 Å². The molecule has 0 radical (unpaired) electrons. The molecule has 0 heterocycles. The largest absolute Gasteiger partial charge is 0.496 e. The molecule has 20 heavy (non-hydrogen) atoms. The molecule has 2 aromatic carbocycles. The summed E-state index contributed by atoms with van der Waals surface area (Å²) in [5.41, 5.74) is 1.78. The second-order valence-corrected chi connectivity index (χ2v) is 4.10. The Morgan fingerprint density at radius 2 is 1.45 bits per heavy atom. The molecule has 0 aromatic heterocycles. The van der Waals surface area contributed by atoms with Gasteiger partial charge in [-0.05, 0) is 35.9 Å². The Morgan fingerprint density at radius 3 is 1.95 bits per heavy atom. The molecule has 2 rings (SSSR count). The van der Waals surface area contributed by atoms with E-state index in [2.05, 4.69) is 0 Å². The van der Waals surface area contributed by atoms with Crippen molar-refractivity contribution in [3.8, 4) is 16.9 Å². The molecule has 0 saturated carbocycles. The molecule has 5 heteroatoms. The number of carboxylic acid groups (broad SMARTS) is 2. The van der Waals surface area contributed by atoms with Gasteiger partial charge in [0.25, 0.3) is 0 Å². The number of carbonyl (C=O) groups is 2. The topological polar surface area (TPSA) is 83.8 Å². The van der Waals surface area contributed by atoms with Crippen LogP contribution in [0.3, 0.4) is 0 Å². The molecule has 0 aliphatic heterocycles. The third-order valence-electron chi connectivity index (χ3n) is 2.89. The normalized spacial score (nSPS) is 10.1. The number of hydrogen-bond donors (Lipinski definition) is 2. The quantitative estimate of drug-likeness (QED) is 0.894. The van der Waals surface area contributed by atoms with E-state index in [0.717, 1.165) is 5.56 Å². The molecular weight excluding hydrogens is 260 g/mol. The van der Waals surface area contributed by atoms with Crippen LogP contribution >= 0.6 is 0 Å². The molecule has 5 nitrogen and oxygen atoms in total. The second kappa shape index (κ2) is 5.44. The zero-order valence-corrected chi connectivity index (χ0v) is 10.7. The molecule has 0 unspecified atom stereocenters. The van der Waals surface area contributed by atoms with E-state index in [1.54, 1.807) is 18.2 Å². The SMILES string of the molecule is COc1cc(C(=O)O)ccc1-c1ccc(C(=O)O)cc1. The lowest BCUT2D eigenvalue weighted by atomic mass is 10.0. The van der Waals surface area contributed by atoms with Crippen LogP contribution in [0.4, 0.5) is 0 Å². The van der Waals surface area contributed by atoms with Crippen LogP contribution in [-0.4, -0.2) is 29.3 Å². The van der Waals surface area contributed by atoms with Crippen LogP contribution in [0.25, 0.3) is 11.1 Å². The molecule has 0 fully saturated rings. The molecule has 102 valence electrons. The number of benzene rings is 2. The molecule has 0 atom stereocenters. The molecule has 0 saturated heterocycles. The van der Waals surface area contributed by atoms with Gasteiger partial charge in [-0.2, -0.15) is 0 Å². The van der Waals surface area contributed by atoms with Gasteiger partial charge in [0.2, 0.25) is 0 Å². The van der Waals surface area contributed by atoms with Crippen molar-refractivity contribution < 1.29 is 24.5 Å². The Balaban J connectivity index is 2.46. The second-order valence-electron chi connectivity index (χ2n) is 4.10. The summed E-state index contributed by atoms with van der Waals surface area (Å²) in [6.45, 7) is 0. The zero-order valence-electron chi connectivity index (χ0n) is 10.7. The van der Waals surface area contributed by atoms with Gasteiger partial charge in [0.1, 0.15) is 5.75 Å². The Hall–Kier alpha value is -2.82. The Kier molecular flexibility index (Phi) is 3.70. The Morgan fingerprint density at radius 1 is 0.900 bits per heavy atom. The van der Waals surface area contributed by atoms with Crippen LogP contribution in [0.1, 0.15) is 20.7 Å². The molecular formula is C15H12O5. The number of carboxylic acids is 2. The van der Waals surface area contributed by atoms with Crippen LogP contribution < -0.4 is 4.74 Å². The van der Waals surface area contributed by atoms with Gasteiger partial charge in [0, 0.05) is 5.56 Å². The maximum Gasteiger partial charge on any atom is 0.335 e. The fraction of sp³-hybridized carbons (Fsp3) is 0.0667. The molecule has 2 N–H and O–H groups in total. The van der Waals surface area contributed by atoms with Gasteiger partial charge in [0.05, 0.1) is 18.2 Å². The average Bonchev–Trinajstić information content (AvgIpc) is 2.46. The lowest BCUT2D eigenvalue weighted by molar-refractivity contribution is 0.0686. The minimum Gasteiger partial charge on any atom is -0.496 e. The summed E-state index contributed by atoms with van der Waals surface area (Å²) < 4.78 is 5.19. The lowest BCUT2D eigenvalue weighted by Crippen LogP contribution is -1.98. The average molecular weight is 272 g/mol. The van der Waals surface area contributed by atoms with Crippen molar-refractivity contribution in [2.45, 2.75) is 0 Å². The van der Waals surface area contributed by atoms with Gasteiger partial charge < -0.3 is 14.9 Å². The fourth-order valence-electron chi connectivity index (χ4n) is 1.86. The number of methoxy groups -OCH3 is 1. The maximum absolute atomic E-state index is 10.9. The first-order chi connectivity index (χ1) is 9.52. The highest BCUT2D eigenvalue weighted by atomic mass is 16.5. The van der Waals surface area contributed by atoms with E-state index in [0.29, 0.717) is 11.3 Å². The standard InChI is InChI=1S/C15H12O5/c1-20-13-8-11(15(18)19)6-7-12(13)9-2-4-10(5-3-9)14(16)17/h2-8H,1H3,(H,16,17)(H,18,19). The van der Waals surface area contributed by atoms with Crippen molar-refractivity contribution in [2.24, 2.45) is 0 Å². The minimum atomic E-state index is -1.03. The highest BCUT2D eigenvalue weighted by Crippen LogP contribution is 2.31. The molecule has 0 amide bonds. The molecule has 0 aliphatic rings. The van der Waals surface area contributed by atoms with Crippen molar-refractivity contribution in [1.82, 2.24) is 0 Å². The van der Waals surface area contributed by atoms with Crippen molar-refractivity contribution in [1.29, 1.82) is 0 Å². The van der Waals surface area contributed by atoms with Crippen LogP contribution in [0.15, 0.2) is 42.5 Å². The van der Waals surface area contributed by atoms with Gasteiger partial charge in [-0.1, -0.05) is 12.1 Å². The third kappa shape index (κ3) is 2.61. The Bertz CT molecular complexity index is 658. The van der Waals surface area contributed by atoms with E-state index in [4.69, 9.17) is 14.9 Å². The zero-order chi connectivity index (χ0) is 14.7. The van der Waals surface area contributed by atoms with E-state index in [9.17, 15) is 9.59 Å². The minimum absolute atomic E-state index is 0.132. The van der Waals surface area contributed by atoms with Crippen molar-refractivity contribution >= 4 is 11.9 Å². The van der Waals surface area contributed by atoms with E-state index in [1.807, 2.05) is 0 Å². The fourth-order valence-corrected chi connectivity index (χ4v) is 1.86. The van der Waals surface area contributed by atoms with E-state index < -0.39 is 11.9 Å². The molecule has 2 aromatic rings. The van der Waals surface area contributed by atoms with Crippen molar-refractivity contribution in [3.63, 3.8) is 0 Å². The number of hydrogen-bond acceptors (Lipinski definition) is 3. The summed E-state index contributed by atoms with van der Waals surface area (Å²) in [7, 11) is 1.45. The molecule has 0 bridgehead atoms. The predicted octanol–water partition coefficient (Wildman–Crippen LogP) is 2.76. The summed E-state index contributed by atoms with van der Waals surface area (Å²) in [6, 6.07) is 10.8. The highest BCUT2D eigenvalue weighted by molar-refractivity contribution is 5.90. The number of rotatable bonds is 4. The Labute approximate surface area is 115 Å². The first-order valence-corrected chi connectivity index (χ1v) is 5.78. The van der Waals surface area contributed by atoms with E-state index in [1.165, 1.54) is 31.4 Å². The predicted molar refractivity (Wildman–Crippen MR) is 72.3 cm³/mol. The van der Waals surface area contributed by atoms with Gasteiger partial charge in [-0.3, -0.25) is 0 Å². The summed E-state index contributed by atoms with van der Waals surface area (Å²) in [5, 5.41) is 17.8. The van der Waals surface area contributed by atoms with E-state index >= 15 is 0 Å². The number of ether oxygens (including phenoxy) is 1. The van der Waals surface area contributed by atoms with Crippen LogP contribution in [0.5, 0.6) is 5.75 Å². The van der Waals surface area contributed by atoms with Gasteiger partial charge >= 0.3 is 11.9 Å². The summed E-state index contributed by atoms with van der Waals surface area (Å²) in [4.78, 5) is 21.7. The lowest BCUT2D eigenvalue weighted by Gasteiger charge is -2.10. The van der Waals surface area contributed by atoms with Crippen LogP contribution in [-0.2, 0) is 0 Å². The van der Waals surface area contributed by atoms with E-state index in [-0.39, 0.29) is 11.1 Å². The van der Waals surface area contributed by atoms with Crippen LogP contribution in [0.2, 0.25) is 0 Å². The highest BCUT2D eigenvalue weighted by Gasteiger charge is 2.11. The molecule has 0 spiro atoms. The molecule has 0 aliphatic carbocycles. The smallest absolute Gasteiger partial charge is 0.335 e. The van der Waals surface area contributed by atoms with Crippen LogP contribution in [0, 0.1) is 0 Å². The monoisotopic (exact) mass is 272 g/mol. The van der Waals surface area contributed by atoms with Gasteiger partial charge in [0.15, 0.2) is 0 Å². The first kappa shape index (κ1) is 13.6. The summed E-state index contributed by atoms with van der Waals surface area (Å²) in [5.74, 6) is -1.60. The van der Waals surface area contributed by atoms with Gasteiger partial charge in [-0.15, -0.1) is 0 Å². The summed E-state index contributed by atoms with van der Waals surface area (Å²) >= 11 is 0. The van der Waals surface area contributed by atoms with Crippen molar-refractivity contribution in [2.75, 3.05) is 7.11 Å². The number of aromatic carboxylic acids is 2. The third-order valence-corrected chi connectivity index (χ3v) is 2.89. The van der Waals surface area contributed by atoms with Crippen molar-refractivity contribution in [3.05, 3.63) is 53.6 Å². The first-order valence-electron chi connectivity index (χ1n) is 5.78. The summed E-state index contributed by atoms with van der Waals surface area (Å²) in [6.07, 6.45) is 0.